The summed E-state index contributed by atoms with van der Waals surface area (Å²) in [6.45, 7) is 11.0. The second-order valence-electron chi connectivity index (χ2n) is 5.85. The SMILES string of the molecule is Cc1sc(N)c(-c2ccc(C(C)(C)C)cc2)c1C. The topological polar surface area (TPSA) is 26.0 Å². The molecule has 2 N–H and O–H groups in total. The average molecular weight is 259 g/mol. The highest BCUT2D eigenvalue weighted by Crippen LogP contribution is 2.38. The van der Waals surface area contributed by atoms with E-state index in [1.54, 1.807) is 11.3 Å². The molecule has 0 saturated carbocycles. The van der Waals surface area contributed by atoms with Gasteiger partial charge in [0.15, 0.2) is 0 Å². The molecule has 1 aromatic carbocycles. The van der Waals surface area contributed by atoms with E-state index in [2.05, 4.69) is 58.9 Å². The third-order valence-electron chi connectivity index (χ3n) is 3.45. The van der Waals surface area contributed by atoms with Crippen molar-refractivity contribution in [2.75, 3.05) is 5.73 Å². The van der Waals surface area contributed by atoms with Crippen molar-refractivity contribution in [3.63, 3.8) is 0 Å². The van der Waals surface area contributed by atoms with Crippen LogP contribution >= 0.6 is 11.3 Å². The second kappa shape index (κ2) is 4.43. The molecule has 0 fully saturated rings. The Labute approximate surface area is 114 Å². The molecule has 0 unspecified atom stereocenters. The Bertz CT molecular complexity index is 556. The summed E-state index contributed by atoms with van der Waals surface area (Å²) in [6.07, 6.45) is 0. The van der Waals surface area contributed by atoms with Crippen LogP contribution in [0.15, 0.2) is 24.3 Å². The van der Waals surface area contributed by atoms with Crippen LogP contribution in [-0.2, 0) is 5.41 Å². The molecular formula is C16H21NS. The van der Waals surface area contributed by atoms with Gasteiger partial charge in [0.25, 0.3) is 0 Å². The van der Waals surface area contributed by atoms with E-state index in [4.69, 9.17) is 5.73 Å². The van der Waals surface area contributed by atoms with Crippen molar-refractivity contribution in [3.05, 3.63) is 40.3 Å². The van der Waals surface area contributed by atoms with Crippen molar-refractivity contribution in [3.8, 4) is 11.1 Å². The zero-order valence-corrected chi connectivity index (χ0v) is 12.6. The summed E-state index contributed by atoms with van der Waals surface area (Å²) in [4.78, 5) is 1.31. The number of anilines is 1. The van der Waals surface area contributed by atoms with Crippen LogP contribution in [0.2, 0.25) is 0 Å². The Morgan fingerprint density at radius 3 is 1.94 bits per heavy atom. The fraction of sp³-hybridized carbons (Fsp3) is 0.375. The normalized spacial score (nSPS) is 11.8. The molecule has 0 amide bonds. The molecule has 2 aromatic rings. The van der Waals surface area contributed by atoms with Crippen molar-refractivity contribution in [2.45, 2.75) is 40.0 Å². The third-order valence-corrected chi connectivity index (χ3v) is 4.49. The predicted octanol–water partition coefficient (Wildman–Crippen LogP) is 4.91. The molecule has 1 aromatic heterocycles. The number of thiophene rings is 1. The quantitative estimate of drug-likeness (QED) is 0.773. The lowest BCUT2D eigenvalue weighted by Crippen LogP contribution is -2.10. The minimum absolute atomic E-state index is 0.198. The van der Waals surface area contributed by atoms with Crippen molar-refractivity contribution in [1.82, 2.24) is 0 Å². The van der Waals surface area contributed by atoms with E-state index >= 15 is 0 Å². The maximum absolute atomic E-state index is 6.12. The Balaban J connectivity index is 2.47. The number of hydrogen-bond donors (Lipinski definition) is 1. The van der Waals surface area contributed by atoms with E-state index in [-0.39, 0.29) is 5.41 Å². The van der Waals surface area contributed by atoms with Gasteiger partial charge in [-0.15, -0.1) is 11.3 Å². The molecule has 2 rings (SSSR count). The van der Waals surface area contributed by atoms with E-state index < -0.39 is 0 Å². The first kappa shape index (κ1) is 13.2. The summed E-state index contributed by atoms with van der Waals surface area (Å²) in [7, 11) is 0. The van der Waals surface area contributed by atoms with Crippen LogP contribution in [0.4, 0.5) is 5.00 Å². The lowest BCUT2D eigenvalue weighted by molar-refractivity contribution is 0.590. The Hall–Kier alpha value is -1.28. The molecule has 18 heavy (non-hydrogen) atoms. The van der Waals surface area contributed by atoms with Crippen molar-refractivity contribution < 1.29 is 0 Å². The van der Waals surface area contributed by atoms with Gasteiger partial charge in [0.2, 0.25) is 0 Å². The summed E-state index contributed by atoms with van der Waals surface area (Å²) in [5.74, 6) is 0. The maximum atomic E-state index is 6.12. The molecule has 0 aliphatic carbocycles. The fourth-order valence-electron chi connectivity index (χ4n) is 2.15. The van der Waals surface area contributed by atoms with Gasteiger partial charge in [0.1, 0.15) is 0 Å². The Kier molecular flexibility index (Phi) is 3.24. The molecule has 1 nitrogen and oxygen atoms in total. The van der Waals surface area contributed by atoms with Gasteiger partial charge in [-0.2, -0.15) is 0 Å². The average Bonchev–Trinajstić information content (AvgIpc) is 2.52. The van der Waals surface area contributed by atoms with Crippen molar-refractivity contribution in [2.24, 2.45) is 0 Å². The molecule has 1 heterocycles. The highest BCUT2D eigenvalue weighted by Gasteiger charge is 2.15. The van der Waals surface area contributed by atoms with Gasteiger partial charge in [0.05, 0.1) is 5.00 Å². The van der Waals surface area contributed by atoms with E-state index in [1.165, 1.54) is 27.1 Å². The zero-order valence-electron chi connectivity index (χ0n) is 11.8. The lowest BCUT2D eigenvalue weighted by atomic mass is 9.86. The lowest BCUT2D eigenvalue weighted by Gasteiger charge is -2.19. The number of benzene rings is 1. The van der Waals surface area contributed by atoms with Gasteiger partial charge >= 0.3 is 0 Å². The first-order valence-corrected chi connectivity index (χ1v) is 7.08. The Morgan fingerprint density at radius 2 is 1.56 bits per heavy atom. The minimum atomic E-state index is 0.198. The first-order valence-electron chi connectivity index (χ1n) is 6.27. The maximum Gasteiger partial charge on any atom is 0.0941 e. The number of aryl methyl sites for hydroxylation is 1. The second-order valence-corrected chi connectivity index (χ2v) is 7.11. The van der Waals surface area contributed by atoms with Crippen LogP contribution in [0.25, 0.3) is 11.1 Å². The molecule has 0 atom stereocenters. The van der Waals surface area contributed by atoms with E-state index in [0.29, 0.717) is 0 Å². The van der Waals surface area contributed by atoms with Gasteiger partial charge in [-0.1, -0.05) is 45.0 Å². The molecule has 0 aliphatic heterocycles. The monoisotopic (exact) mass is 259 g/mol. The van der Waals surface area contributed by atoms with Crippen LogP contribution in [0.3, 0.4) is 0 Å². The van der Waals surface area contributed by atoms with Gasteiger partial charge < -0.3 is 5.73 Å². The Morgan fingerprint density at radius 1 is 1.00 bits per heavy atom. The highest BCUT2D eigenvalue weighted by molar-refractivity contribution is 7.16. The highest BCUT2D eigenvalue weighted by atomic mass is 32.1. The smallest absolute Gasteiger partial charge is 0.0941 e. The van der Waals surface area contributed by atoms with Gasteiger partial charge in [0, 0.05) is 10.4 Å². The third kappa shape index (κ3) is 2.30. The largest absolute Gasteiger partial charge is 0.390 e. The summed E-state index contributed by atoms with van der Waals surface area (Å²) < 4.78 is 0. The van der Waals surface area contributed by atoms with Crippen molar-refractivity contribution in [1.29, 1.82) is 0 Å². The number of nitrogens with two attached hydrogens (primary N) is 1. The molecule has 0 aliphatic rings. The van der Waals surface area contributed by atoms with Gasteiger partial charge in [-0.3, -0.25) is 0 Å². The number of rotatable bonds is 1. The van der Waals surface area contributed by atoms with Crippen LogP contribution < -0.4 is 5.73 Å². The summed E-state index contributed by atoms with van der Waals surface area (Å²) in [5, 5.41) is 0.925. The summed E-state index contributed by atoms with van der Waals surface area (Å²) >= 11 is 1.68. The van der Waals surface area contributed by atoms with Gasteiger partial charge in [-0.05, 0) is 36.0 Å². The van der Waals surface area contributed by atoms with E-state index in [1.807, 2.05) is 0 Å². The predicted molar refractivity (Wildman–Crippen MR) is 82.3 cm³/mol. The van der Waals surface area contributed by atoms with Gasteiger partial charge in [-0.25, -0.2) is 0 Å². The molecule has 0 bridgehead atoms. The minimum Gasteiger partial charge on any atom is -0.390 e. The summed E-state index contributed by atoms with van der Waals surface area (Å²) in [5.41, 5.74) is 11.4. The molecule has 0 saturated heterocycles. The summed E-state index contributed by atoms with van der Waals surface area (Å²) in [6, 6.07) is 8.79. The fourth-order valence-corrected chi connectivity index (χ4v) is 3.11. The molecule has 96 valence electrons. The van der Waals surface area contributed by atoms with Crippen LogP contribution in [0.5, 0.6) is 0 Å². The standard InChI is InChI=1S/C16H21NS/c1-10-11(2)18-15(17)14(10)12-6-8-13(9-7-12)16(3,4)5/h6-9H,17H2,1-5H3. The first-order chi connectivity index (χ1) is 8.30. The van der Waals surface area contributed by atoms with E-state index in [9.17, 15) is 0 Å². The molecular weight excluding hydrogens is 238 g/mol. The zero-order chi connectivity index (χ0) is 13.5. The molecule has 0 radical (unpaired) electrons. The number of hydrogen-bond acceptors (Lipinski definition) is 2. The number of nitrogen functional groups attached to an aromatic ring is 1. The van der Waals surface area contributed by atoms with Crippen LogP contribution in [0.1, 0.15) is 36.8 Å². The van der Waals surface area contributed by atoms with Crippen molar-refractivity contribution >= 4 is 16.3 Å². The van der Waals surface area contributed by atoms with E-state index in [0.717, 1.165) is 5.00 Å². The molecule has 0 spiro atoms. The van der Waals surface area contributed by atoms with Crippen LogP contribution in [-0.4, -0.2) is 0 Å². The van der Waals surface area contributed by atoms with Crippen LogP contribution in [0, 0.1) is 13.8 Å². The molecule has 2 heteroatoms.